The molecule has 0 spiro atoms. The minimum absolute atomic E-state index is 0.654. The van der Waals surface area contributed by atoms with E-state index in [1.807, 2.05) is 6.20 Å². The lowest BCUT2D eigenvalue weighted by atomic mass is 10.2. The SMILES string of the molecule is CCCCN(Cc1ncc(Br)cc1Br)CC1CCCN1. The number of hydrogen-bond acceptors (Lipinski definition) is 3. The highest BCUT2D eigenvalue weighted by Gasteiger charge is 2.18. The summed E-state index contributed by atoms with van der Waals surface area (Å²) >= 11 is 7.08. The Morgan fingerprint density at radius 3 is 2.95 bits per heavy atom. The number of nitrogens with zero attached hydrogens (tertiary/aromatic N) is 2. The van der Waals surface area contributed by atoms with Crippen LogP contribution in [0, 0.1) is 0 Å². The van der Waals surface area contributed by atoms with Crippen LogP contribution in [0.4, 0.5) is 0 Å². The van der Waals surface area contributed by atoms with E-state index < -0.39 is 0 Å². The molecule has 1 fully saturated rings. The van der Waals surface area contributed by atoms with Crippen molar-refractivity contribution in [2.24, 2.45) is 0 Å². The number of unbranched alkanes of at least 4 members (excludes halogenated alkanes) is 1. The predicted molar refractivity (Wildman–Crippen MR) is 90.8 cm³/mol. The van der Waals surface area contributed by atoms with E-state index in [0.29, 0.717) is 6.04 Å². The van der Waals surface area contributed by atoms with Gasteiger partial charge in [-0.2, -0.15) is 0 Å². The van der Waals surface area contributed by atoms with Gasteiger partial charge in [0, 0.05) is 34.3 Å². The van der Waals surface area contributed by atoms with Gasteiger partial charge in [0.15, 0.2) is 0 Å². The van der Waals surface area contributed by atoms with Crippen LogP contribution in [0.1, 0.15) is 38.3 Å². The molecule has 1 N–H and O–H groups in total. The summed E-state index contributed by atoms with van der Waals surface area (Å²) in [5, 5.41) is 3.59. The van der Waals surface area contributed by atoms with Crippen molar-refractivity contribution in [1.29, 1.82) is 0 Å². The monoisotopic (exact) mass is 403 g/mol. The Kier molecular flexibility index (Phi) is 6.94. The van der Waals surface area contributed by atoms with E-state index in [-0.39, 0.29) is 0 Å². The molecular weight excluding hydrogens is 382 g/mol. The first-order chi connectivity index (χ1) is 9.69. The zero-order valence-corrected chi connectivity index (χ0v) is 15.2. The van der Waals surface area contributed by atoms with Crippen LogP contribution in [0.2, 0.25) is 0 Å². The lowest BCUT2D eigenvalue weighted by Gasteiger charge is -2.25. The van der Waals surface area contributed by atoms with Crippen LogP contribution in [0.3, 0.4) is 0 Å². The largest absolute Gasteiger partial charge is 0.313 e. The third kappa shape index (κ3) is 5.10. The second-order valence-electron chi connectivity index (χ2n) is 5.46. The molecule has 0 saturated carbocycles. The Hall–Kier alpha value is 0.0300. The van der Waals surface area contributed by atoms with E-state index in [0.717, 1.165) is 34.3 Å². The zero-order chi connectivity index (χ0) is 14.4. The van der Waals surface area contributed by atoms with Crippen molar-refractivity contribution in [2.45, 2.75) is 45.2 Å². The molecule has 0 aliphatic carbocycles. The maximum atomic E-state index is 4.54. The molecule has 2 rings (SSSR count). The third-order valence-electron chi connectivity index (χ3n) is 3.73. The molecule has 1 aliphatic heterocycles. The number of pyridine rings is 1. The van der Waals surface area contributed by atoms with Gasteiger partial charge in [-0.05, 0) is 70.3 Å². The molecule has 1 aliphatic rings. The average Bonchev–Trinajstić information content (AvgIpc) is 2.92. The molecule has 0 aromatic carbocycles. The highest BCUT2D eigenvalue weighted by molar-refractivity contribution is 9.11. The number of nitrogens with one attached hydrogen (secondary N) is 1. The van der Waals surface area contributed by atoms with Gasteiger partial charge in [-0.1, -0.05) is 13.3 Å². The summed E-state index contributed by atoms with van der Waals surface area (Å²) in [6, 6.07) is 2.73. The van der Waals surface area contributed by atoms with Gasteiger partial charge in [-0.25, -0.2) is 0 Å². The Bertz CT molecular complexity index is 420. The van der Waals surface area contributed by atoms with E-state index in [4.69, 9.17) is 0 Å². The summed E-state index contributed by atoms with van der Waals surface area (Å²) in [6.07, 6.45) is 6.99. The predicted octanol–water partition coefficient (Wildman–Crippen LogP) is 3.96. The maximum absolute atomic E-state index is 4.54. The van der Waals surface area contributed by atoms with Crippen molar-refractivity contribution in [3.05, 3.63) is 26.9 Å². The minimum Gasteiger partial charge on any atom is -0.313 e. The van der Waals surface area contributed by atoms with E-state index in [1.54, 1.807) is 0 Å². The highest BCUT2D eigenvalue weighted by atomic mass is 79.9. The van der Waals surface area contributed by atoms with E-state index >= 15 is 0 Å². The van der Waals surface area contributed by atoms with Crippen LogP contribution in [0.5, 0.6) is 0 Å². The van der Waals surface area contributed by atoms with Crippen LogP contribution < -0.4 is 5.32 Å². The van der Waals surface area contributed by atoms with Crippen molar-refractivity contribution < 1.29 is 0 Å². The Morgan fingerprint density at radius 2 is 2.30 bits per heavy atom. The molecule has 3 nitrogen and oxygen atoms in total. The molecule has 1 unspecified atom stereocenters. The zero-order valence-electron chi connectivity index (χ0n) is 12.0. The van der Waals surface area contributed by atoms with E-state index in [1.165, 1.54) is 32.2 Å². The third-order valence-corrected chi connectivity index (χ3v) is 4.85. The van der Waals surface area contributed by atoms with Crippen molar-refractivity contribution in [2.75, 3.05) is 19.6 Å². The lowest BCUT2D eigenvalue weighted by molar-refractivity contribution is 0.234. The van der Waals surface area contributed by atoms with Crippen molar-refractivity contribution in [1.82, 2.24) is 15.2 Å². The van der Waals surface area contributed by atoms with Crippen molar-refractivity contribution in [3.8, 4) is 0 Å². The molecule has 112 valence electrons. The standard InChI is InChI=1S/C15H23Br2N3/c1-2-3-7-20(10-13-5-4-6-18-13)11-15-14(17)8-12(16)9-19-15/h8-9,13,18H,2-7,10-11H2,1H3. The maximum Gasteiger partial charge on any atom is 0.0686 e. The summed E-state index contributed by atoms with van der Waals surface area (Å²) < 4.78 is 2.11. The molecule has 0 amide bonds. The number of rotatable bonds is 7. The molecule has 20 heavy (non-hydrogen) atoms. The first kappa shape index (κ1) is 16.4. The molecule has 5 heteroatoms. The van der Waals surface area contributed by atoms with Gasteiger partial charge in [-0.3, -0.25) is 9.88 Å². The number of hydrogen-bond donors (Lipinski definition) is 1. The van der Waals surface area contributed by atoms with Crippen LogP contribution in [0.15, 0.2) is 21.2 Å². The second kappa shape index (κ2) is 8.47. The topological polar surface area (TPSA) is 28.2 Å². The summed E-state index contributed by atoms with van der Waals surface area (Å²) in [4.78, 5) is 7.08. The molecule has 1 aromatic heterocycles. The fraction of sp³-hybridized carbons (Fsp3) is 0.667. The van der Waals surface area contributed by atoms with Crippen molar-refractivity contribution in [3.63, 3.8) is 0 Å². The summed E-state index contributed by atoms with van der Waals surface area (Å²) in [5.74, 6) is 0. The van der Waals surface area contributed by atoms with Crippen LogP contribution in [0.25, 0.3) is 0 Å². The normalized spacial score (nSPS) is 18.9. The molecule has 1 atom stereocenters. The average molecular weight is 405 g/mol. The van der Waals surface area contributed by atoms with Crippen molar-refractivity contribution >= 4 is 31.9 Å². The molecule has 0 bridgehead atoms. The summed E-state index contributed by atoms with van der Waals surface area (Å²) in [7, 11) is 0. The fourth-order valence-electron chi connectivity index (χ4n) is 2.61. The Morgan fingerprint density at radius 1 is 1.45 bits per heavy atom. The van der Waals surface area contributed by atoms with Crippen LogP contribution in [-0.2, 0) is 6.54 Å². The van der Waals surface area contributed by atoms with E-state index in [9.17, 15) is 0 Å². The van der Waals surface area contributed by atoms with Gasteiger partial charge in [0.1, 0.15) is 0 Å². The summed E-state index contributed by atoms with van der Waals surface area (Å²) in [6.45, 7) is 6.63. The first-order valence-electron chi connectivity index (χ1n) is 7.44. The smallest absolute Gasteiger partial charge is 0.0686 e. The van der Waals surface area contributed by atoms with Gasteiger partial charge in [0.2, 0.25) is 0 Å². The van der Waals surface area contributed by atoms with Gasteiger partial charge in [-0.15, -0.1) is 0 Å². The molecule has 1 aromatic rings. The minimum atomic E-state index is 0.654. The van der Waals surface area contributed by atoms with Gasteiger partial charge >= 0.3 is 0 Å². The molecule has 1 saturated heterocycles. The lowest BCUT2D eigenvalue weighted by Crippen LogP contribution is -2.38. The molecule has 2 heterocycles. The Labute approximate surface area is 138 Å². The van der Waals surface area contributed by atoms with Crippen LogP contribution >= 0.6 is 31.9 Å². The molecule has 0 radical (unpaired) electrons. The summed E-state index contributed by atoms with van der Waals surface area (Å²) in [5.41, 5.74) is 1.13. The fourth-order valence-corrected chi connectivity index (χ4v) is 3.72. The van der Waals surface area contributed by atoms with Gasteiger partial charge < -0.3 is 5.32 Å². The molecular formula is C15H23Br2N3. The van der Waals surface area contributed by atoms with Gasteiger partial charge in [0.05, 0.1) is 5.69 Å². The highest BCUT2D eigenvalue weighted by Crippen LogP contribution is 2.21. The Balaban J connectivity index is 1.97. The van der Waals surface area contributed by atoms with E-state index in [2.05, 4.69) is 60.1 Å². The quantitative estimate of drug-likeness (QED) is 0.745. The number of aromatic nitrogens is 1. The number of halogens is 2. The van der Waals surface area contributed by atoms with Crippen LogP contribution in [-0.4, -0.2) is 35.6 Å². The first-order valence-corrected chi connectivity index (χ1v) is 9.03. The second-order valence-corrected chi connectivity index (χ2v) is 7.23. The van der Waals surface area contributed by atoms with Gasteiger partial charge in [0.25, 0.3) is 0 Å².